The molecule has 2 amide bonds. The summed E-state index contributed by atoms with van der Waals surface area (Å²) >= 11 is 3.37. The molecular formula is C16H20BrN3O3. The molecule has 0 unspecified atom stereocenters. The zero-order valence-corrected chi connectivity index (χ0v) is 14.3. The van der Waals surface area contributed by atoms with Crippen molar-refractivity contribution >= 4 is 27.7 Å². The first-order valence-corrected chi connectivity index (χ1v) is 8.71. The van der Waals surface area contributed by atoms with Gasteiger partial charge in [-0.15, -0.1) is 0 Å². The van der Waals surface area contributed by atoms with Crippen molar-refractivity contribution in [1.29, 1.82) is 0 Å². The summed E-state index contributed by atoms with van der Waals surface area (Å²) in [5.74, 6) is 0.579. The Morgan fingerprint density at radius 3 is 2.61 bits per heavy atom. The lowest BCUT2D eigenvalue weighted by atomic mass is 10.1. The molecule has 2 aliphatic rings. The second-order valence-electron chi connectivity index (χ2n) is 6.35. The molecule has 1 heterocycles. The molecule has 0 aliphatic heterocycles. The summed E-state index contributed by atoms with van der Waals surface area (Å²) in [6.07, 6.45) is 5.14. The summed E-state index contributed by atoms with van der Waals surface area (Å²) in [5.41, 5.74) is 5.60. The van der Waals surface area contributed by atoms with Crippen molar-refractivity contribution in [2.45, 2.75) is 38.1 Å². The number of halogens is 1. The monoisotopic (exact) mass is 381 g/mol. The first-order valence-electron chi connectivity index (χ1n) is 7.92. The van der Waals surface area contributed by atoms with Crippen LogP contribution >= 0.6 is 15.9 Å². The van der Waals surface area contributed by atoms with Crippen LogP contribution < -0.4 is 15.8 Å². The minimum absolute atomic E-state index is 0.223. The molecule has 1 aromatic rings. The number of amides is 2. The van der Waals surface area contributed by atoms with Gasteiger partial charge in [0.25, 0.3) is 5.91 Å². The third kappa shape index (κ3) is 4.67. The Kier molecular flexibility index (Phi) is 4.84. The molecule has 2 aliphatic carbocycles. The lowest BCUT2D eigenvalue weighted by molar-refractivity contribution is -0.120. The minimum Gasteiger partial charge on any atom is -0.477 e. The molecule has 1 atom stereocenters. The highest BCUT2D eigenvalue weighted by Gasteiger charge is 2.30. The van der Waals surface area contributed by atoms with Crippen molar-refractivity contribution in [3.05, 3.63) is 22.3 Å². The van der Waals surface area contributed by atoms with Crippen molar-refractivity contribution in [2.75, 3.05) is 6.61 Å². The standard InChI is InChI=1S/C16H20BrN3O3/c17-11-5-6-12(20-16(11)23-8-10-3-4-10)15(22)19-13(14(18)21)7-9-1-2-9/h5-6,9-10,13H,1-4,7-8H2,(H2,18,21)(H,19,22)/t13-/m0/s1. The minimum atomic E-state index is -0.642. The van der Waals surface area contributed by atoms with E-state index in [1.165, 1.54) is 12.8 Å². The lowest BCUT2D eigenvalue weighted by Crippen LogP contribution is -2.45. The molecule has 124 valence electrons. The Hall–Kier alpha value is -1.63. The van der Waals surface area contributed by atoms with Crippen LogP contribution in [0.4, 0.5) is 0 Å². The summed E-state index contributed by atoms with van der Waals surface area (Å²) in [6, 6.07) is 2.68. The summed E-state index contributed by atoms with van der Waals surface area (Å²) in [5, 5.41) is 2.68. The first kappa shape index (κ1) is 16.2. The maximum atomic E-state index is 12.3. The van der Waals surface area contributed by atoms with Crippen molar-refractivity contribution in [1.82, 2.24) is 10.3 Å². The second-order valence-corrected chi connectivity index (χ2v) is 7.20. The highest BCUT2D eigenvalue weighted by atomic mass is 79.9. The number of nitrogens with two attached hydrogens (primary N) is 1. The van der Waals surface area contributed by atoms with Gasteiger partial charge in [-0.2, -0.15) is 0 Å². The summed E-state index contributed by atoms with van der Waals surface area (Å²) in [6.45, 7) is 0.613. The fourth-order valence-corrected chi connectivity index (χ4v) is 2.63. The highest BCUT2D eigenvalue weighted by molar-refractivity contribution is 9.10. The van der Waals surface area contributed by atoms with Gasteiger partial charge in [0.1, 0.15) is 11.7 Å². The Morgan fingerprint density at radius 2 is 2.00 bits per heavy atom. The maximum Gasteiger partial charge on any atom is 0.270 e. The Morgan fingerprint density at radius 1 is 1.30 bits per heavy atom. The van der Waals surface area contributed by atoms with Crippen molar-refractivity contribution in [3.8, 4) is 5.88 Å². The number of primary amides is 1. The van der Waals surface area contributed by atoms with E-state index >= 15 is 0 Å². The number of carbonyl (C=O) groups excluding carboxylic acids is 2. The van der Waals surface area contributed by atoms with E-state index in [1.807, 2.05) is 0 Å². The zero-order chi connectivity index (χ0) is 16.4. The van der Waals surface area contributed by atoms with E-state index in [0.29, 0.717) is 35.2 Å². The van der Waals surface area contributed by atoms with Crippen molar-refractivity contribution in [3.63, 3.8) is 0 Å². The van der Waals surface area contributed by atoms with Gasteiger partial charge in [0.05, 0.1) is 11.1 Å². The van der Waals surface area contributed by atoms with Gasteiger partial charge in [-0.1, -0.05) is 12.8 Å². The second kappa shape index (κ2) is 6.86. The van der Waals surface area contributed by atoms with Gasteiger partial charge < -0.3 is 15.8 Å². The molecule has 2 saturated carbocycles. The summed E-state index contributed by atoms with van der Waals surface area (Å²) < 4.78 is 6.36. The number of aromatic nitrogens is 1. The molecule has 23 heavy (non-hydrogen) atoms. The van der Waals surface area contributed by atoms with Crippen LogP contribution in [0.5, 0.6) is 5.88 Å². The van der Waals surface area contributed by atoms with Gasteiger partial charge in [-0.05, 0) is 59.2 Å². The van der Waals surface area contributed by atoms with Crippen molar-refractivity contribution < 1.29 is 14.3 Å². The summed E-state index contributed by atoms with van der Waals surface area (Å²) in [4.78, 5) is 28.1. The predicted molar refractivity (Wildman–Crippen MR) is 87.9 cm³/mol. The van der Waals surface area contributed by atoms with Crippen LogP contribution in [0.2, 0.25) is 0 Å². The van der Waals surface area contributed by atoms with Crippen LogP contribution in [-0.4, -0.2) is 29.4 Å². The van der Waals surface area contributed by atoms with Crippen LogP contribution in [0, 0.1) is 11.8 Å². The number of hydrogen-bond donors (Lipinski definition) is 2. The van der Waals surface area contributed by atoms with Gasteiger partial charge in [0.2, 0.25) is 11.8 Å². The van der Waals surface area contributed by atoms with E-state index in [0.717, 1.165) is 12.8 Å². The number of nitrogens with zero attached hydrogens (tertiary/aromatic N) is 1. The molecule has 1 aromatic heterocycles. The molecule has 0 saturated heterocycles. The highest BCUT2D eigenvalue weighted by Crippen LogP contribution is 2.33. The average molecular weight is 382 g/mol. The van der Waals surface area contributed by atoms with Crippen LogP contribution in [0.15, 0.2) is 16.6 Å². The molecule has 0 bridgehead atoms. The number of rotatable bonds is 8. The molecule has 2 fully saturated rings. The molecule has 0 aromatic carbocycles. The number of hydrogen-bond acceptors (Lipinski definition) is 4. The third-order valence-corrected chi connectivity index (χ3v) is 4.72. The van der Waals surface area contributed by atoms with Crippen LogP contribution in [0.1, 0.15) is 42.6 Å². The third-order valence-electron chi connectivity index (χ3n) is 4.11. The molecule has 0 radical (unpaired) electrons. The van der Waals surface area contributed by atoms with E-state index in [4.69, 9.17) is 10.5 Å². The van der Waals surface area contributed by atoms with Crippen molar-refractivity contribution in [2.24, 2.45) is 17.6 Å². The van der Waals surface area contributed by atoms with Crippen LogP contribution in [0.25, 0.3) is 0 Å². The Balaban J connectivity index is 1.64. The van der Waals surface area contributed by atoms with E-state index in [-0.39, 0.29) is 5.69 Å². The maximum absolute atomic E-state index is 12.3. The number of ether oxygens (including phenoxy) is 1. The fourth-order valence-electron chi connectivity index (χ4n) is 2.30. The average Bonchev–Trinajstić information content (AvgIpc) is 3.40. The zero-order valence-electron chi connectivity index (χ0n) is 12.8. The molecule has 3 N–H and O–H groups in total. The molecular weight excluding hydrogens is 362 g/mol. The van der Waals surface area contributed by atoms with E-state index in [1.54, 1.807) is 12.1 Å². The lowest BCUT2D eigenvalue weighted by Gasteiger charge is -2.15. The fraction of sp³-hybridized carbons (Fsp3) is 0.562. The predicted octanol–water partition coefficient (Wildman–Crippen LogP) is 2.02. The number of pyridine rings is 1. The quantitative estimate of drug-likeness (QED) is 0.719. The van der Waals surface area contributed by atoms with Gasteiger partial charge >= 0.3 is 0 Å². The van der Waals surface area contributed by atoms with Gasteiger partial charge in [0, 0.05) is 0 Å². The topological polar surface area (TPSA) is 94.3 Å². The molecule has 7 heteroatoms. The summed E-state index contributed by atoms with van der Waals surface area (Å²) in [7, 11) is 0. The molecule has 3 rings (SSSR count). The SMILES string of the molecule is NC(=O)[C@H](CC1CC1)NC(=O)c1ccc(Br)c(OCC2CC2)n1. The van der Waals surface area contributed by atoms with E-state index in [9.17, 15) is 9.59 Å². The number of carbonyl (C=O) groups is 2. The first-order chi connectivity index (χ1) is 11.0. The van der Waals surface area contributed by atoms with Gasteiger partial charge in [0.15, 0.2) is 0 Å². The number of nitrogens with one attached hydrogen (secondary N) is 1. The largest absolute Gasteiger partial charge is 0.477 e. The Labute approximate surface area is 143 Å². The van der Waals surface area contributed by atoms with Crippen LogP contribution in [-0.2, 0) is 4.79 Å². The van der Waals surface area contributed by atoms with Crippen LogP contribution in [0.3, 0.4) is 0 Å². The normalized spacial score (nSPS) is 18.3. The van der Waals surface area contributed by atoms with Gasteiger partial charge in [-0.25, -0.2) is 4.98 Å². The Bertz CT molecular complexity index is 615. The molecule has 0 spiro atoms. The van der Waals surface area contributed by atoms with E-state index < -0.39 is 17.9 Å². The molecule has 6 nitrogen and oxygen atoms in total. The van der Waals surface area contributed by atoms with Gasteiger partial charge in [-0.3, -0.25) is 9.59 Å². The smallest absolute Gasteiger partial charge is 0.270 e. The van der Waals surface area contributed by atoms with E-state index in [2.05, 4.69) is 26.2 Å².